The molecule has 0 spiro atoms. The van der Waals surface area contributed by atoms with Gasteiger partial charge in [0.2, 0.25) is 0 Å². The molecule has 2 heterocycles. The van der Waals surface area contributed by atoms with E-state index in [1.165, 1.54) is 0 Å². The van der Waals surface area contributed by atoms with E-state index in [4.69, 9.17) is 9.15 Å². The Kier molecular flexibility index (Phi) is 5.04. The van der Waals surface area contributed by atoms with Crippen LogP contribution in [0.25, 0.3) is 0 Å². The lowest BCUT2D eigenvalue weighted by atomic mass is 10.2. The van der Waals surface area contributed by atoms with E-state index in [9.17, 15) is 0 Å². The fourth-order valence-electron chi connectivity index (χ4n) is 2.10. The van der Waals surface area contributed by atoms with E-state index in [0.29, 0.717) is 6.04 Å². The summed E-state index contributed by atoms with van der Waals surface area (Å²) in [6, 6.07) is 4.43. The van der Waals surface area contributed by atoms with E-state index in [1.807, 2.05) is 12.1 Å². The predicted octanol–water partition coefficient (Wildman–Crippen LogP) is 1.13. The number of hydrogen-bond donors (Lipinski definition) is 1. The van der Waals surface area contributed by atoms with Crippen LogP contribution >= 0.6 is 0 Å². The maximum Gasteiger partial charge on any atom is 0.105 e. The second-order valence-corrected chi connectivity index (χ2v) is 4.59. The molecule has 1 unspecified atom stereocenters. The van der Waals surface area contributed by atoms with Crippen LogP contribution in [0, 0.1) is 0 Å². The van der Waals surface area contributed by atoms with Gasteiger partial charge in [0.05, 0.1) is 19.5 Å². The van der Waals surface area contributed by atoms with Gasteiger partial charge in [-0.3, -0.25) is 4.90 Å². The van der Waals surface area contributed by atoms with Crippen molar-refractivity contribution in [3.63, 3.8) is 0 Å². The largest absolute Gasteiger partial charge is 0.469 e. The highest BCUT2D eigenvalue weighted by molar-refractivity contribution is 4.99. The van der Waals surface area contributed by atoms with Gasteiger partial charge in [-0.15, -0.1) is 0 Å². The highest BCUT2D eigenvalue weighted by atomic mass is 16.5. The van der Waals surface area contributed by atoms with Crippen LogP contribution in [0.4, 0.5) is 0 Å². The molecule has 96 valence electrons. The van der Waals surface area contributed by atoms with Gasteiger partial charge in [0.15, 0.2) is 0 Å². The van der Waals surface area contributed by atoms with E-state index < -0.39 is 0 Å². The summed E-state index contributed by atoms with van der Waals surface area (Å²) >= 11 is 0. The zero-order valence-corrected chi connectivity index (χ0v) is 10.5. The molecule has 0 radical (unpaired) electrons. The van der Waals surface area contributed by atoms with Gasteiger partial charge in [-0.05, 0) is 19.1 Å². The van der Waals surface area contributed by atoms with Crippen molar-refractivity contribution < 1.29 is 9.15 Å². The summed E-state index contributed by atoms with van der Waals surface area (Å²) in [5, 5.41) is 3.53. The molecule has 1 fully saturated rings. The number of morpholine rings is 1. The predicted molar refractivity (Wildman–Crippen MR) is 67.1 cm³/mol. The molecule has 1 aromatic rings. The topological polar surface area (TPSA) is 37.6 Å². The molecular weight excluding hydrogens is 216 g/mol. The molecule has 4 nitrogen and oxygen atoms in total. The lowest BCUT2D eigenvalue weighted by molar-refractivity contribution is 0.0382. The second kappa shape index (κ2) is 6.79. The van der Waals surface area contributed by atoms with Crippen molar-refractivity contribution in [3.05, 3.63) is 24.2 Å². The van der Waals surface area contributed by atoms with Crippen molar-refractivity contribution in [1.82, 2.24) is 10.2 Å². The van der Waals surface area contributed by atoms with Gasteiger partial charge in [0.25, 0.3) is 0 Å². The zero-order chi connectivity index (χ0) is 11.9. The molecule has 1 saturated heterocycles. The molecule has 0 aliphatic carbocycles. The summed E-state index contributed by atoms with van der Waals surface area (Å²) in [7, 11) is 0. The third-order valence-corrected chi connectivity index (χ3v) is 3.11. The zero-order valence-electron chi connectivity index (χ0n) is 10.5. The highest BCUT2D eigenvalue weighted by Crippen LogP contribution is 2.03. The molecule has 0 aromatic carbocycles. The van der Waals surface area contributed by atoms with Crippen LogP contribution in [0.15, 0.2) is 22.8 Å². The number of nitrogens with zero attached hydrogens (tertiary/aromatic N) is 1. The van der Waals surface area contributed by atoms with Gasteiger partial charge in [-0.25, -0.2) is 0 Å². The maximum absolute atomic E-state index is 5.33. The van der Waals surface area contributed by atoms with Gasteiger partial charge in [-0.1, -0.05) is 0 Å². The first-order chi connectivity index (χ1) is 8.34. The van der Waals surface area contributed by atoms with Gasteiger partial charge in [0.1, 0.15) is 5.76 Å². The first-order valence-corrected chi connectivity index (χ1v) is 6.40. The smallest absolute Gasteiger partial charge is 0.105 e. The fourth-order valence-corrected chi connectivity index (χ4v) is 2.10. The first-order valence-electron chi connectivity index (χ1n) is 6.40. The van der Waals surface area contributed by atoms with Crippen LogP contribution in [-0.4, -0.2) is 50.3 Å². The van der Waals surface area contributed by atoms with Crippen LogP contribution < -0.4 is 5.32 Å². The Morgan fingerprint density at radius 1 is 1.41 bits per heavy atom. The summed E-state index contributed by atoms with van der Waals surface area (Å²) in [6.07, 6.45) is 2.69. The monoisotopic (exact) mass is 238 g/mol. The van der Waals surface area contributed by atoms with Crippen molar-refractivity contribution in [2.24, 2.45) is 0 Å². The SMILES string of the molecule is CC(Cc1ccco1)NCCN1CCOCC1. The van der Waals surface area contributed by atoms with E-state index >= 15 is 0 Å². The van der Waals surface area contributed by atoms with Gasteiger partial charge in [0, 0.05) is 38.6 Å². The van der Waals surface area contributed by atoms with E-state index in [0.717, 1.165) is 51.6 Å². The molecule has 1 aliphatic heterocycles. The Morgan fingerprint density at radius 3 is 2.94 bits per heavy atom. The Labute approximate surface area is 103 Å². The average Bonchev–Trinajstić information content (AvgIpc) is 2.83. The van der Waals surface area contributed by atoms with Crippen LogP contribution in [0.2, 0.25) is 0 Å². The number of furan rings is 1. The fraction of sp³-hybridized carbons (Fsp3) is 0.692. The second-order valence-electron chi connectivity index (χ2n) is 4.59. The van der Waals surface area contributed by atoms with Crippen molar-refractivity contribution in [2.75, 3.05) is 39.4 Å². The summed E-state index contributed by atoms with van der Waals surface area (Å²) in [6.45, 7) is 8.21. The summed E-state index contributed by atoms with van der Waals surface area (Å²) < 4.78 is 10.7. The van der Waals surface area contributed by atoms with Crippen LogP contribution in [0.1, 0.15) is 12.7 Å². The molecule has 1 atom stereocenters. The van der Waals surface area contributed by atoms with Gasteiger partial charge in [-0.2, -0.15) is 0 Å². The van der Waals surface area contributed by atoms with Crippen LogP contribution in [-0.2, 0) is 11.2 Å². The normalized spacial score (nSPS) is 19.4. The molecule has 0 amide bonds. The standard InChI is InChI=1S/C13H22N2O2/c1-12(11-13-3-2-8-17-13)14-4-5-15-6-9-16-10-7-15/h2-3,8,12,14H,4-7,9-11H2,1H3. The highest BCUT2D eigenvalue weighted by Gasteiger charge is 2.10. The van der Waals surface area contributed by atoms with Crippen molar-refractivity contribution in [1.29, 1.82) is 0 Å². The maximum atomic E-state index is 5.33. The molecule has 4 heteroatoms. The molecule has 0 bridgehead atoms. The van der Waals surface area contributed by atoms with Crippen molar-refractivity contribution in [3.8, 4) is 0 Å². The number of rotatable bonds is 6. The third-order valence-electron chi connectivity index (χ3n) is 3.11. The number of ether oxygens (including phenoxy) is 1. The Morgan fingerprint density at radius 2 is 2.24 bits per heavy atom. The van der Waals surface area contributed by atoms with E-state index in [2.05, 4.69) is 17.1 Å². The van der Waals surface area contributed by atoms with Crippen molar-refractivity contribution in [2.45, 2.75) is 19.4 Å². The van der Waals surface area contributed by atoms with Crippen molar-refractivity contribution >= 4 is 0 Å². The lowest BCUT2D eigenvalue weighted by Gasteiger charge is -2.27. The molecule has 2 rings (SSSR count). The summed E-state index contributed by atoms with van der Waals surface area (Å²) in [5.74, 6) is 1.05. The quantitative estimate of drug-likeness (QED) is 0.806. The van der Waals surface area contributed by atoms with E-state index in [-0.39, 0.29) is 0 Å². The molecule has 1 aromatic heterocycles. The minimum atomic E-state index is 0.460. The Hall–Kier alpha value is -0.840. The minimum absolute atomic E-state index is 0.460. The molecule has 17 heavy (non-hydrogen) atoms. The first kappa shape index (κ1) is 12.6. The molecule has 1 aliphatic rings. The Balaban J connectivity index is 1.58. The Bertz CT molecular complexity index is 294. The van der Waals surface area contributed by atoms with Crippen LogP contribution in [0.5, 0.6) is 0 Å². The van der Waals surface area contributed by atoms with Gasteiger partial charge >= 0.3 is 0 Å². The molecule has 0 saturated carbocycles. The summed E-state index contributed by atoms with van der Waals surface area (Å²) in [5.41, 5.74) is 0. The van der Waals surface area contributed by atoms with Crippen LogP contribution in [0.3, 0.4) is 0 Å². The van der Waals surface area contributed by atoms with Gasteiger partial charge < -0.3 is 14.5 Å². The summed E-state index contributed by atoms with van der Waals surface area (Å²) in [4.78, 5) is 2.44. The van der Waals surface area contributed by atoms with E-state index in [1.54, 1.807) is 6.26 Å². The number of nitrogens with one attached hydrogen (secondary N) is 1. The number of hydrogen-bond acceptors (Lipinski definition) is 4. The minimum Gasteiger partial charge on any atom is -0.469 e. The third kappa shape index (κ3) is 4.50. The molecule has 1 N–H and O–H groups in total. The lowest BCUT2D eigenvalue weighted by Crippen LogP contribution is -2.42. The molecular formula is C13H22N2O2. The average molecular weight is 238 g/mol.